The first-order chi connectivity index (χ1) is 10.4. The van der Waals surface area contributed by atoms with Crippen LogP contribution in [0, 0.1) is 23.2 Å². The van der Waals surface area contributed by atoms with E-state index < -0.39 is 0 Å². The minimum atomic E-state index is -0.0141. The molecule has 0 saturated carbocycles. The maximum atomic E-state index is 12.1. The second-order valence-electron chi connectivity index (χ2n) is 6.38. The Hall–Kier alpha value is -1.77. The van der Waals surface area contributed by atoms with Gasteiger partial charge in [0.1, 0.15) is 6.54 Å². The van der Waals surface area contributed by atoms with E-state index in [0.717, 1.165) is 12.8 Å². The molecule has 1 heterocycles. The van der Waals surface area contributed by atoms with E-state index >= 15 is 0 Å². The molecule has 0 aromatic heterocycles. The normalized spacial score (nSPS) is 21.4. The predicted molar refractivity (Wildman–Crippen MR) is 85.0 cm³/mol. The molecule has 0 aromatic carbocycles. The predicted octanol–water partition coefficient (Wildman–Crippen LogP) is 1.82. The Bertz CT molecular complexity index is 430. The van der Waals surface area contributed by atoms with Gasteiger partial charge in [0.25, 0.3) is 0 Å². The van der Waals surface area contributed by atoms with Gasteiger partial charge >= 0.3 is 6.03 Å². The molecule has 1 saturated heterocycles. The van der Waals surface area contributed by atoms with E-state index in [-0.39, 0.29) is 24.5 Å². The molecule has 1 aliphatic heterocycles. The molecule has 6 nitrogen and oxygen atoms in total. The summed E-state index contributed by atoms with van der Waals surface area (Å²) in [5, 5.41) is 11.6. The number of urea groups is 1. The van der Waals surface area contributed by atoms with Crippen molar-refractivity contribution in [2.75, 3.05) is 26.7 Å². The fraction of sp³-hybridized carbons (Fsp3) is 0.812. The minimum absolute atomic E-state index is 0.0141. The largest absolute Gasteiger partial charge is 0.336 e. The number of hydrogen-bond donors (Lipinski definition) is 1. The van der Waals surface area contributed by atoms with Gasteiger partial charge in [-0.2, -0.15) is 5.26 Å². The summed E-state index contributed by atoms with van der Waals surface area (Å²) in [6, 6.07) is 2.11. The van der Waals surface area contributed by atoms with Gasteiger partial charge in [-0.1, -0.05) is 13.3 Å². The van der Waals surface area contributed by atoms with Gasteiger partial charge in [0, 0.05) is 32.6 Å². The standard InChI is InChI=1S/C16H28N4O2/c1-5-13-11-20(16(22)18-12(2)3)8-6-14(13)10-15(21)19(4)9-7-17/h12-14H,5-6,8-11H2,1-4H3,(H,18,22)/t13-,14-/m0/s1. The lowest BCUT2D eigenvalue weighted by molar-refractivity contribution is -0.131. The lowest BCUT2D eigenvalue weighted by atomic mass is 9.81. The van der Waals surface area contributed by atoms with E-state index in [2.05, 4.69) is 12.2 Å². The highest BCUT2D eigenvalue weighted by molar-refractivity contribution is 5.77. The maximum absolute atomic E-state index is 12.1. The van der Waals surface area contributed by atoms with Gasteiger partial charge in [-0.15, -0.1) is 0 Å². The zero-order valence-corrected chi connectivity index (χ0v) is 14.1. The molecular formula is C16H28N4O2. The van der Waals surface area contributed by atoms with Crippen LogP contribution in [0.1, 0.15) is 40.0 Å². The first-order valence-corrected chi connectivity index (χ1v) is 8.05. The molecule has 0 aromatic rings. The van der Waals surface area contributed by atoms with Crippen LogP contribution in [0.4, 0.5) is 4.79 Å². The summed E-state index contributed by atoms with van der Waals surface area (Å²) in [4.78, 5) is 27.5. The molecule has 1 fully saturated rings. The van der Waals surface area contributed by atoms with Crippen LogP contribution in [0.15, 0.2) is 0 Å². The zero-order chi connectivity index (χ0) is 16.7. The van der Waals surface area contributed by atoms with Crippen molar-refractivity contribution in [3.63, 3.8) is 0 Å². The Morgan fingerprint density at radius 2 is 2.09 bits per heavy atom. The number of nitriles is 1. The molecule has 22 heavy (non-hydrogen) atoms. The lowest BCUT2D eigenvalue weighted by Gasteiger charge is -2.38. The van der Waals surface area contributed by atoms with Gasteiger partial charge in [0.05, 0.1) is 6.07 Å². The van der Waals surface area contributed by atoms with Crippen molar-refractivity contribution < 1.29 is 9.59 Å². The number of likely N-dealkylation sites (tertiary alicyclic amines) is 1. The lowest BCUT2D eigenvalue weighted by Crippen LogP contribution is -2.50. The number of amides is 3. The Labute approximate surface area is 133 Å². The molecular weight excluding hydrogens is 280 g/mol. The summed E-state index contributed by atoms with van der Waals surface area (Å²) in [5.74, 6) is 0.651. The van der Waals surface area contributed by atoms with Crippen molar-refractivity contribution in [3.8, 4) is 6.07 Å². The number of rotatable bonds is 5. The second-order valence-corrected chi connectivity index (χ2v) is 6.38. The molecule has 3 amide bonds. The molecule has 0 spiro atoms. The Morgan fingerprint density at radius 1 is 1.41 bits per heavy atom. The fourth-order valence-corrected chi connectivity index (χ4v) is 2.91. The summed E-state index contributed by atoms with van der Waals surface area (Å²) >= 11 is 0. The average Bonchev–Trinajstić information content (AvgIpc) is 2.46. The third-order valence-electron chi connectivity index (χ3n) is 4.29. The van der Waals surface area contributed by atoms with E-state index in [1.807, 2.05) is 24.8 Å². The molecule has 1 rings (SSSR count). The molecule has 0 bridgehead atoms. The van der Waals surface area contributed by atoms with Crippen LogP contribution in [0.5, 0.6) is 0 Å². The highest BCUT2D eigenvalue weighted by Crippen LogP contribution is 2.29. The first kappa shape index (κ1) is 18.3. The van der Waals surface area contributed by atoms with Crippen molar-refractivity contribution >= 4 is 11.9 Å². The number of piperidine rings is 1. The molecule has 1 N–H and O–H groups in total. The van der Waals surface area contributed by atoms with E-state index in [4.69, 9.17) is 5.26 Å². The van der Waals surface area contributed by atoms with Crippen LogP contribution in [0.2, 0.25) is 0 Å². The van der Waals surface area contributed by atoms with Gasteiger partial charge in [0.2, 0.25) is 5.91 Å². The molecule has 0 unspecified atom stereocenters. The minimum Gasteiger partial charge on any atom is -0.336 e. The summed E-state index contributed by atoms with van der Waals surface area (Å²) in [7, 11) is 1.66. The third-order valence-corrected chi connectivity index (χ3v) is 4.29. The van der Waals surface area contributed by atoms with Crippen LogP contribution in [0.25, 0.3) is 0 Å². The van der Waals surface area contributed by atoms with E-state index in [1.165, 1.54) is 4.90 Å². The second kappa shape index (κ2) is 8.62. The van der Waals surface area contributed by atoms with Crippen LogP contribution in [-0.2, 0) is 4.79 Å². The molecule has 124 valence electrons. The van der Waals surface area contributed by atoms with Crippen LogP contribution >= 0.6 is 0 Å². The monoisotopic (exact) mass is 308 g/mol. The van der Waals surface area contributed by atoms with Gasteiger partial charge < -0.3 is 15.1 Å². The Balaban J connectivity index is 2.58. The number of hydrogen-bond acceptors (Lipinski definition) is 3. The van der Waals surface area contributed by atoms with Gasteiger partial charge in [-0.3, -0.25) is 4.79 Å². The van der Waals surface area contributed by atoms with E-state index in [0.29, 0.717) is 31.3 Å². The summed E-state index contributed by atoms with van der Waals surface area (Å²) < 4.78 is 0. The van der Waals surface area contributed by atoms with Crippen molar-refractivity contribution in [2.24, 2.45) is 11.8 Å². The molecule has 2 atom stereocenters. The fourth-order valence-electron chi connectivity index (χ4n) is 2.91. The van der Waals surface area contributed by atoms with Crippen LogP contribution in [-0.4, -0.2) is 54.5 Å². The first-order valence-electron chi connectivity index (χ1n) is 8.05. The number of nitrogens with zero attached hydrogens (tertiary/aromatic N) is 3. The van der Waals surface area contributed by atoms with Crippen LogP contribution in [0.3, 0.4) is 0 Å². The van der Waals surface area contributed by atoms with Crippen molar-refractivity contribution in [3.05, 3.63) is 0 Å². The van der Waals surface area contributed by atoms with Gasteiger partial charge in [-0.25, -0.2) is 4.79 Å². The van der Waals surface area contributed by atoms with E-state index in [9.17, 15) is 9.59 Å². The topological polar surface area (TPSA) is 76.4 Å². The van der Waals surface area contributed by atoms with Crippen molar-refractivity contribution in [1.82, 2.24) is 15.1 Å². The van der Waals surface area contributed by atoms with Crippen molar-refractivity contribution in [2.45, 2.75) is 46.1 Å². The summed E-state index contributed by atoms with van der Waals surface area (Å²) in [6.07, 6.45) is 2.26. The highest BCUT2D eigenvalue weighted by atomic mass is 16.2. The zero-order valence-electron chi connectivity index (χ0n) is 14.1. The Kier molecular flexibility index (Phi) is 7.16. The van der Waals surface area contributed by atoms with Gasteiger partial charge in [0.15, 0.2) is 0 Å². The highest BCUT2D eigenvalue weighted by Gasteiger charge is 2.32. The molecule has 6 heteroatoms. The summed E-state index contributed by atoms with van der Waals surface area (Å²) in [5.41, 5.74) is 0. The van der Waals surface area contributed by atoms with Crippen molar-refractivity contribution in [1.29, 1.82) is 5.26 Å². The third kappa shape index (κ3) is 5.21. The Morgan fingerprint density at radius 3 is 2.64 bits per heavy atom. The summed E-state index contributed by atoms with van der Waals surface area (Å²) in [6.45, 7) is 7.53. The maximum Gasteiger partial charge on any atom is 0.317 e. The molecule has 0 radical (unpaired) electrons. The van der Waals surface area contributed by atoms with Crippen LogP contribution < -0.4 is 5.32 Å². The number of nitrogens with one attached hydrogen (secondary N) is 1. The molecule has 0 aliphatic carbocycles. The molecule has 1 aliphatic rings. The smallest absolute Gasteiger partial charge is 0.317 e. The SMILES string of the molecule is CC[C@H]1CN(C(=O)NC(C)C)CC[C@H]1CC(=O)N(C)CC#N. The quantitative estimate of drug-likeness (QED) is 0.787. The van der Waals surface area contributed by atoms with E-state index in [1.54, 1.807) is 7.05 Å². The number of carbonyl (C=O) groups is 2. The number of carbonyl (C=O) groups excluding carboxylic acids is 2. The van der Waals surface area contributed by atoms with Gasteiger partial charge in [-0.05, 0) is 32.1 Å². The average molecular weight is 308 g/mol.